The van der Waals surface area contributed by atoms with Crippen molar-refractivity contribution in [2.75, 3.05) is 5.73 Å². The summed E-state index contributed by atoms with van der Waals surface area (Å²) >= 11 is 0. The molecule has 0 amide bonds. The first-order valence-electron chi connectivity index (χ1n) is 4.71. The van der Waals surface area contributed by atoms with Gasteiger partial charge in [0.1, 0.15) is 17.4 Å². The maximum Gasteiger partial charge on any atom is 0.141 e. The quantitative estimate of drug-likeness (QED) is 0.587. The summed E-state index contributed by atoms with van der Waals surface area (Å²) in [7, 11) is 0. The first-order valence-corrected chi connectivity index (χ1v) is 4.71. The zero-order valence-corrected chi connectivity index (χ0v) is 8.23. The van der Waals surface area contributed by atoms with Crippen molar-refractivity contribution in [1.82, 2.24) is 15.0 Å². The molecule has 0 aromatic carbocycles. The zero-order chi connectivity index (χ0) is 11.1. The minimum atomic E-state index is 0.372. The van der Waals surface area contributed by atoms with E-state index in [1.165, 1.54) is 0 Å². The van der Waals surface area contributed by atoms with Crippen molar-refractivity contribution in [2.24, 2.45) is 0 Å². The molecular weight excluding hydrogens is 202 g/mol. The number of hydrogen-bond donors (Lipinski definition) is 2. The number of hydrogen-bond acceptors (Lipinski definition) is 4. The Morgan fingerprint density at radius 3 is 3.06 bits per heavy atom. The zero-order valence-electron chi connectivity index (χ0n) is 8.23. The van der Waals surface area contributed by atoms with Gasteiger partial charge in [0.15, 0.2) is 0 Å². The van der Waals surface area contributed by atoms with Crippen LogP contribution in [-0.2, 0) is 0 Å². The fourth-order valence-electron chi connectivity index (χ4n) is 1.81. The van der Waals surface area contributed by atoms with E-state index in [1.807, 2.05) is 6.07 Å². The Labute approximate surface area is 90.5 Å². The fourth-order valence-corrected chi connectivity index (χ4v) is 1.81. The molecule has 0 bridgehead atoms. The third-order valence-electron chi connectivity index (χ3n) is 2.52. The van der Waals surface area contributed by atoms with Gasteiger partial charge in [-0.2, -0.15) is 5.26 Å². The van der Waals surface area contributed by atoms with Crippen molar-refractivity contribution >= 4 is 27.6 Å². The lowest BCUT2D eigenvalue weighted by molar-refractivity contribution is 1.27. The first kappa shape index (κ1) is 8.68. The number of pyridine rings is 2. The summed E-state index contributed by atoms with van der Waals surface area (Å²) in [4.78, 5) is 11.3. The summed E-state index contributed by atoms with van der Waals surface area (Å²) in [5.41, 5.74) is 8.46. The van der Waals surface area contributed by atoms with E-state index >= 15 is 0 Å². The summed E-state index contributed by atoms with van der Waals surface area (Å²) in [6.07, 6.45) is 3.26. The monoisotopic (exact) mass is 209 g/mol. The molecule has 0 aliphatic heterocycles. The van der Waals surface area contributed by atoms with Gasteiger partial charge in [0.05, 0.1) is 11.7 Å². The number of fused-ring (bicyclic) bond motifs is 3. The molecule has 0 aliphatic rings. The van der Waals surface area contributed by atoms with E-state index in [9.17, 15) is 0 Å². The van der Waals surface area contributed by atoms with Crippen molar-refractivity contribution in [1.29, 1.82) is 5.26 Å². The molecule has 0 radical (unpaired) electrons. The van der Waals surface area contributed by atoms with Crippen LogP contribution in [0.15, 0.2) is 24.5 Å². The van der Waals surface area contributed by atoms with Crippen molar-refractivity contribution in [3.8, 4) is 6.07 Å². The SMILES string of the molecule is N#Cc1cc2c(cn1)[nH]c1nccc(N)c12. The number of nitriles is 1. The molecular formula is C11H7N5. The van der Waals surface area contributed by atoms with Crippen LogP contribution in [0.2, 0.25) is 0 Å². The predicted molar refractivity (Wildman–Crippen MR) is 60.5 cm³/mol. The van der Waals surface area contributed by atoms with Crippen LogP contribution in [0.25, 0.3) is 21.9 Å². The van der Waals surface area contributed by atoms with Gasteiger partial charge in [-0.25, -0.2) is 9.97 Å². The number of rotatable bonds is 0. The lowest BCUT2D eigenvalue weighted by Crippen LogP contribution is -1.86. The highest BCUT2D eigenvalue weighted by molar-refractivity contribution is 6.11. The summed E-state index contributed by atoms with van der Waals surface area (Å²) in [6.45, 7) is 0. The van der Waals surface area contributed by atoms with E-state index in [-0.39, 0.29) is 0 Å². The molecule has 3 N–H and O–H groups in total. The summed E-state index contributed by atoms with van der Waals surface area (Å²) in [5, 5.41) is 10.5. The normalized spacial score (nSPS) is 10.7. The lowest BCUT2D eigenvalue weighted by atomic mass is 10.2. The maximum absolute atomic E-state index is 8.81. The lowest BCUT2D eigenvalue weighted by Gasteiger charge is -1.95. The molecule has 5 heteroatoms. The minimum absolute atomic E-state index is 0.372. The summed E-state index contributed by atoms with van der Waals surface area (Å²) in [6, 6.07) is 5.46. The Kier molecular flexibility index (Phi) is 1.59. The van der Waals surface area contributed by atoms with E-state index < -0.39 is 0 Å². The molecule has 3 aromatic rings. The highest BCUT2D eigenvalue weighted by Crippen LogP contribution is 2.28. The van der Waals surface area contributed by atoms with E-state index in [2.05, 4.69) is 15.0 Å². The Morgan fingerprint density at radius 2 is 2.25 bits per heavy atom. The third kappa shape index (κ3) is 1.04. The van der Waals surface area contributed by atoms with Gasteiger partial charge in [-0.05, 0) is 12.1 Å². The molecule has 5 nitrogen and oxygen atoms in total. The Bertz CT molecular complexity index is 735. The number of aromatic amines is 1. The van der Waals surface area contributed by atoms with Crippen molar-refractivity contribution in [3.05, 3.63) is 30.2 Å². The van der Waals surface area contributed by atoms with Crippen LogP contribution in [0, 0.1) is 11.3 Å². The largest absolute Gasteiger partial charge is 0.398 e. The second-order valence-electron chi connectivity index (χ2n) is 3.48. The topological polar surface area (TPSA) is 91.4 Å². The molecule has 16 heavy (non-hydrogen) atoms. The number of aromatic nitrogens is 3. The number of nitrogen functional groups attached to an aromatic ring is 1. The van der Waals surface area contributed by atoms with E-state index in [4.69, 9.17) is 11.0 Å². The minimum Gasteiger partial charge on any atom is -0.398 e. The molecule has 3 rings (SSSR count). The van der Waals surface area contributed by atoms with E-state index in [1.54, 1.807) is 24.5 Å². The van der Waals surface area contributed by atoms with Gasteiger partial charge in [-0.15, -0.1) is 0 Å². The van der Waals surface area contributed by atoms with Crippen molar-refractivity contribution in [3.63, 3.8) is 0 Å². The van der Waals surface area contributed by atoms with Crippen molar-refractivity contribution < 1.29 is 0 Å². The fraction of sp³-hybridized carbons (Fsp3) is 0. The Morgan fingerprint density at radius 1 is 1.38 bits per heavy atom. The average molecular weight is 209 g/mol. The van der Waals surface area contributed by atoms with Gasteiger partial charge >= 0.3 is 0 Å². The molecule has 0 spiro atoms. The van der Waals surface area contributed by atoms with Gasteiger partial charge in [0.2, 0.25) is 0 Å². The van der Waals surface area contributed by atoms with Gasteiger partial charge in [0.25, 0.3) is 0 Å². The number of nitrogens with one attached hydrogen (secondary N) is 1. The predicted octanol–water partition coefficient (Wildman–Crippen LogP) is 1.56. The molecule has 0 unspecified atom stereocenters. The smallest absolute Gasteiger partial charge is 0.141 e. The maximum atomic E-state index is 8.81. The van der Waals surface area contributed by atoms with Crippen LogP contribution in [0.3, 0.4) is 0 Å². The average Bonchev–Trinajstić information content (AvgIpc) is 2.67. The highest BCUT2D eigenvalue weighted by Gasteiger charge is 2.08. The van der Waals surface area contributed by atoms with Crippen molar-refractivity contribution in [2.45, 2.75) is 0 Å². The standard InChI is InChI=1S/C11H7N5/c12-4-6-3-7-9(5-15-6)16-11-10(7)8(13)1-2-14-11/h1-3,5H,(H3,13,14,16). The van der Waals surface area contributed by atoms with Crippen LogP contribution in [0.5, 0.6) is 0 Å². The number of nitrogens with zero attached hydrogens (tertiary/aromatic N) is 3. The third-order valence-corrected chi connectivity index (χ3v) is 2.52. The molecule has 76 valence electrons. The van der Waals surface area contributed by atoms with Crippen LogP contribution in [0.4, 0.5) is 5.69 Å². The highest BCUT2D eigenvalue weighted by atomic mass is 14.9. The molecule has 0 aliphatic carbocycles. The first-order chi connectivity index (χ1) is 7.79. The van der Waals surface area contributed by atoms with Crippen LogP contribution in [-0.4, -0.2) is 15.0 Å². The van der Waals surface area contributed by atoms with Crippen LogP contribution < -0.4 is 5.73 Å². The second kappa shape index (κ2) is 2.94. The van der Waals surface area contributed by atoms with Crippen LogP contribution >= 0.6 is 0 Å². The molecule has 0 saturated carbocycles. The number of H-pyrrole nitrogens is 1. The van der Waals surface area contributed by atoms with E-state index in [0.717, 1.165) is 16.3 Å². The second-order valence-corrected chi connectivity index (χ2v) is 3.48. The Balaban J connectivity index is 2.56. The molecule has 0 fully saturated rings. The molecule has 3 heterocycles. The molecule has 3 aromatic heterocycles. The summed E-state index contributed by atoms with van der Waals surface area (Å²) in [5.74, 6) is 0. The van der Waals surface area contributed by atoms with Gasteiger partial charge in [-0.1, -0.05) is 0 Å². The molecule has 0 atom stereocenters. The van der Waals surface area contributed by atoms with Gasteiger partial charge in [0, 0.05) is 22.7 Å². The number of nitrogens with two attached hydrogens (primary N) is 1. The van der Waals surface area contributed by atoms with E-state index in [0.29, 0.717) is 17.0 Å². The van der Waals surface area contributed by atoms with Gasteiger partial charge in [-0.3, -0.25) is 0 Å². The Hall–Kier alpha value is -2.61. The molecule has 0 saturated heterocycles. The summed E-state index contributed by atoms with van der Waals surface area (Å²) < 4.78 is 0. The van der Waals surface area contributed by atoms with Crippen LogP contribution in [0.1, 0.15) is 5.69 Å². The number of anilines is 1. The van der Waals surface area contributed by atoms with Gasteiger partial charge < -0.3 is 10.7 Å².